The van der Waals surface area contributed by atoms with Crippen molar-refractivity contribution >= 4 is 21.6 Å². The number of methoxy groups -OCH3 is 1. The molecule has 8 heteroatoms. The number of benzene rings is 1. The number of anilines is 1. The monoisotopic (exact) mass is 383 g/mol. The highest BCUT2D eigenvalue weighted by Gasteiger charge is 2.24. The molecule has 0 saturated carbocycles. The van der Waals surface area contributed by atoms with E-state index < -0.39 is 10.0 Å². The summed E-state index contributed by atoms with van der Waals surface area (Å²) in [7, 11) is -1.91. The summed E-state index contributed by atoms with van der Waals surface area (Å²) >= 11 is 0. The van der Waals surface area contributed by atoms with Gasteiger partial charge in [0.2, 0.25) is 10.0 Å². The van der Waals surface area contributed by atoms with Crippen molar-refractivity contribution in [2.75, 3.05) is 37.2 Å². The number of aryl methyl sites for hydroxylation is 1. The van der Waals surface area contributed by atoms with Crippen LogP contribution in [0.25, 0.3) is 0 Å². The number of amides is 1. The first-order chi connectivity index (χ1) is 12.3. The summed E-state index contributed by atoms with van der Waals surface area (Å²) in [6.07, 6.45) is 2.21. The van der Waals surface area contributed by atoms with E-state index in [1.807, 2.05) is 0 Å². The predicted molar refractivity (Wildman–Crippen MR) is 103 cm³/mol. The van der Waals surface area contributed by atoms with E-state index in [4.69, 9.17) is 4.74 Å². The highest BCUT2D eigenvalue weighted by atomic mass is 32.2. The number of carbonyl (C=O) groups excluding carboxylic acids is 1. The lowest BCUT2D eigenvalue weighted by Gasteiger charge is -2.23. The fraction of sp³-hybridized carbons (Fsp3) is 0.611. The zero-order valence-corrected chi connectivity index (χ0v) is 16.8. The van der Waals surface area contributed by atoms with Gasteiger partial charge in [0.25, 0.3) is 5.91 Å². The van der Waals surface area contributed by atoms with Crippen molar-refractivity contribution in [2.24, 2.45) is 0 Å². The molecule has 0 bridgehead atoms. The number of rotatable bonds is 8. The highest BCUT2D eigenvalue weighted by Crippen LogP contribution is 2.28. The molecule has 1 aromatic carbocycles. The van der Waals surface area contributed by atoms with Crippen LogP contribution in [0.3, 0.4) is 0 Å². The lowest BCUT2D eigenvalue weighted by Crippen LogP contribution is -2.40. The van der Waals surface area contributed by atoms with Crippen molar-refractivity contribution in [1.29, 1.82) is 0 Å². The topological polar surface area (TPSA) is 87.7 Å². The summed E-state index contributed by atoms with van der Waals surface area (Å²) in [5, 5.41) is 2.97. The van der Waals surface area contributed by atoms with Crippen LogP contribution in [0.1, 0.15) is 42.6 Å². The van der Waals surface area contributed by atoms with Gasteiger partial charge in [-0.15, -0.1) is 0 Å². The van der Waals surface area contributed by atoms with Crippen LogP contribution < -0.4 is 14.8 Å². The first-order valence-corrected chi connectivity index (χ1v) is 10.7. The number of nitrogens with one attached hydrogen (secondary N) is 2. The molecule has 1 amide bonds. The van der Waals surface area contributed by atoms with Gasteiger partial charge in [-0.05, 0) is 57.5 Å². The minimum absolute atomic E-state index is 0.0336. The summed E-state index contributed by atoms with van der Waals surface area (Å²) in [4.78, 5) is 15.1. The Hall–Kier alpha value is -1.80. The van der Waals surface area contributed by atoms with Crippen molar-refractivity contribution in [2.45, 2.75) is 39.7 Å². The van der Waals surface area contributed by atoms with Gasteiger partial charge in [-0.3, -0.25) is 14.4 Å². The van der Waals surface area contributed by atoms with Gasteiger partial charge in [0.15, 0.2) is 0 Å². The minimum Gasteiger partial charge on any atom is -0.496 e. The van der Waals surface area contributed by atoms with Crippen LogP contribution in [0.5, 0.6) is 5.75 Å². The van der Waals surface area contributed by atoms with Crippen LogP contribution in [-0.4, -0.2) is 57.8 Å². The Morgan fingerprint density at radius 1 is 1.35 bits per heavy atom. The molecule has 1 aromatic rings. The SMILES string of the molecule is CCN1CCCC1CNC(=O)c1cc(NS(=O)(=O)CC)cc(C)c1OC. The van der Waals surface area contributed by atoms with Gasteiger partial charge in [0.1, 0.15) is 5.75 Å². The van der Waals surface area contributed by atoms with Gasteiger partial charge in [-0.2, -0.15) is 0 Å². The van der Waals surface area contributed by atoms with Crippen molar-refractivity contribution in [3.8, 4) is 5.75 Å². The molecule has 2 rings (SSSR count). The second kappa shape index (κ2) is 8.73. The zero-order valence-electron chi connectivity index (χ0n) is 16.0. The largest absolute Gasteiger partial charge is 0.496 e. The summed E-state index contributed by atoms with van der Waals surface area (Å²) in [5.41, 5.74) is 1.40. The van der Waals surface area contributed by atoms with E-state index in [9.17, 15) is 13.2 Å². The average molecular weight is 384 g/mol. The lowest BCUT2D eigenvalue weighted by atomic mass is 10.1. The third kappa shape index (κ3) is 4.88. The van der Waals surface area contributed by atoms with Crippen LogP contribution >= 0.6 is 0 Å². The molecule has 1 saturated heterocycles. The average Bonchev–Trinajstić information content (AvgIpc) is 3.06. The van der Waals surface area contributed by atoms with Gasteiger partial charge < -0.3 is 10.1 Å². The first-order valence-electron chi connectivity index (χ1n) is 9.02. The first kappa shape index (κ1) is 20.5. The third-order valence-corrected chi connectivity index (χ3v) is 6.09. The van der Waals surface area contributed by atoms with E-state index in [2.05, 4.69) is 21.9 Å². The zero-order chi connectivity index (χ0) is 19.3. The van der Waals surface area contributed by atoms with Crippen LogP contribution in [0.2, 0.25) is 0 Å². The molecule has 26 heavy (non-hydrogen) atoms. The third-order valence-electron chi connectivity index (χ3n) is 4.78. The molecule has 0 spiro atoms. The Morgan fingerprint density at radius 2 is 2.08 bits per heavy atom. The number of sulfonamides is 1. The minimum atomic E-state index is -3.42. The van der Waals surface area contributed by atoms with Crippen LogP contribution in [0.15, 0.2) is 12.1 Å². The highest BCUT2D eigenvalue weighted by molar-refractivity contribution is 7.92. The van der Waals surface area contributed by atoms with Gasteiger partial charge in [-0.25, -0.2) is 8.42 Å². The quantitative estimate of drug-likeness (QED) is 0.717. The molecule has 0 aromatic heterocycles. The number of nitrogens with zero attached hydrogens (tertiary/aromatic N) is 1. The number of likely N-dealkylation sites (N-methyl/N-ethyl adjacent to an activating group) is 1. The summed E-state index contributed by atoms with van der Waals surface area (Å²) in [5.74, 6) is 0.167. The Kier molecular flexibility index (Phi) is 6.88. The number of hydrogen-bond donors (Lipinski definition) is 2. The van der Waals surface area contributed by atoms with Crippen molar-refractivity contribution in [3.63, 3.8) is 0 Å². The van der Waals surface area contributed by atoms with E-state index in [1.54, 1.807) is 19.9 Å². The molecule has 1 heterocycles. The Morgan fingerprint density at radius 3 is 2.69 bits per heavy atom. The molecule has 0 radical (unpaired) electrons. The Balaban J connectivity index is 2.20. The molecule has 146 valence electrons. The summed E-state index contributed by atoms with van der Waals surface area (Å²) in [6.45, 7) is 8.07. The molecule has 1 unspecified atom stereocenters. The van der Waals surface area contributed by atoms with E-state index in [1.165, 1.54) is 13.2 Å². The summed E-state index contributed by atoms with van der Waals surface area (Å²) in [6, 6.07) is 3.54. The number of ether oxygens (including phenoxy) is 1. The molecule has 1 aliphatic heterocycles. The molecule has 1 aliphatic rings. The van der Waals surface area contributed by atoms with E-state index in [0.29, 0.717) is 35.2 Å². The van der Waals surface area contributed by atoms with Gasteiger partial charge in [-0.1, -0.05) is 6.92 Å². The number of likely N-dealkylation sites (tertiary alicyclic amines) is 1. The van der Waals surface area contributed by atoms with Crippen molar-refractivity contribution in [3.05, 3.63) is 23.3 Å². The van der Waals surface area contributed by atoms with Gasteiger partial charge in [0, 0.05) is 18.3 Å². The standard InChI is InChI=1S/C18H29N3O4S/c1-5-21-9-7-8-15(21)12-19-18(22)16-11-14(20-26(23,24)6-2)10-13(3)17(16)25-4/h10-11,15,20H,5-9,12H2,1-4H3,(H,19,22). The second-order valence-electron chi connectivity index (χ2n) is 6.51. The molecule has 0 aliphatic carbocycles. The van der Waals surface area contributed by atoms with Crippen molar-refractivity contribution < 1.29 is 17.9 Å². The molecule has 2 N–H and O–H groups in total. The fourth-order valence-corrected chi connectivity index (χ4v) is 3.99. The number of carbonyl (C=O) groups is 1. The maximum absolute atomic E-state index is 12.7. The predicted octanol–water partition coefficient (Wildman–Crippen LogP) is 1.98. The molecule has 1 fully saturated rings. The molecule has 1 atom stereocenters. The van der Waals surface area contributed by atoms with E-state index in [0.717, 1.165) is 25.9 Å². The number of hydrogen-bond acceptors (Lipinski definition) is 5. The fourth-order valence-electron chi connectivity index (χ4n) is 3.37. The lowest BCUT2D eigenvalue weighted by molar-refractivity contribution is 0.0938. The van der Waals surface area contributed by atoms with Crippen LogP contribution in [-0.2, 0) is 10.0 Å². The van der Waals surface area contributed by atoms with Gasteiger partial charge >= 0.3 is 0 Å². The Bertz CT molecular complexity index is 749. The van der Waals surface area contributed by atoms with Gasteiger partial charge in [0.05, 0.1) is 18.4 Å². The smallest absolute Gasteiger partial charge is 0.255 e. The second-order valence-corrected chi connectivity index (χ2v) is 8.53. The molecular formula is C18H29N3O4S. The van der Waals surface area contributed by atoms with Crippen molar-refractivity contribution in [1.82, 2.24) is 10.2 Å². The van der Waals surface area contributed by atoms with Crippen LogP contribution in [0, 0.1) is 6.92 Å². The maximum Gasteiger partial charge on any atom is 0.255 e. The van der Waals surface area contributed by atoms with Crippen LogP contribution in [0.4, 0.5) is 5.69 Å². The normalized spacial score (nSPS) is 17.9. The molecule has 7 nitrogen and oxygen atoms in total. The summed E-state index contributed by atoms with van der Waals surface area (Å²) < 4.78 is 31.5. The van der Waals surface area contributed by atoms with E-state index >= 15 is 0 Å². The maximum atomic E-state index is 12.7. The Labute approximate surface area is 156 Å². The molecular weight excluding hydrogens is 354 g/mol. The van der Waals surface area contributed by atoms with E-state index in [-0.39, 0.29) is 11.7 Å².